The van der Waals surface area contributed by atoms with Crippen LogP contribution in [-0.2, 0) is 0 Å². The summed E-state index contributed by atoms with van der Waals surface area (Å²) in [6, 6.07) is -0.306. The highest BCUT2D eigenvalue weighted by molar-refractivity contribution is 4.76. The predicted octanol–water partition coefficient (Wildman–Crippen LogP) is 1.79. The third-order valence-electron chi connectivity index (χ3n) is 2.59. The second kappa shape index (κ2) is 4.98. The number of hydrogen-bond acceptors (Lipinski definition) is 2. The van der Waals surface area contributed by atoms with Crippen molar-refractivity contribution < 1.29 is 18.3 Å². The van der Waals surface area contributed by atoms with Crippen LogP contribution in [0.2, 0.25) is 0 Å². The number of nitrogens with zero attached hydrogens (tertiary/aromatic N) is 1. The van der Waals surface area contributed by atoms with Crippen LogP contribution in [-0.4, -0.2) is 41.9 Å². The minimum Gasteiger partial charge on any atom is -0.395 e. The van der Waals surface area contributed by atoms with Gasteiger partial charge in [0.25, 0.3) is 0 Å². The Kier molecular flexibility index (Phi) is 4.19. The van der Waals surface area contributed by atoms with Crippen molar-refractivity contribution in [2.75, 3.05) is 19.7 Å². The molecule has 0 bridgehead atoms. The zero-order chi connectivity index (χ0) is 10.6. The van der Waals surface area contributed by atoms with E-state index in [4.69, 9.17) is 5.11 Å². The van der Waals surface area contributed by atoms with E-state index >= 15 is 0 Å². The zero-order valence-electron chi connectivity index (χ0n) is 8.06. The molecule has 1 aliphatic rings. The number of aliphatic hydroxyl groups excluding tert-OH is 1. The fourth-order valence-electron chi connectivity index (χ4n) is 1.88. The van der Waals surface area contributed by atoms with Gasteiger partial charge in [0.1, 0.15) is 0 Å². The van der Waals surface area contributed by atoms with E-state index in [1.807, 2.05) is 0 Å². The van der Waals surface area contributed by atoms with Crippen LogP contribution in [0.25, 0.3) is 0 Å². The first-order valence-electron chi connectivity index (χ1n) is 4.94. The van der Waals surface area contributed by atoms with Gasteiger partial charge in [-0.1, -0.05) is 12.8 Å². The van der Waals surface area contributed by atoms with Gasteiger partial charge in [0.2, 0.25) is 0 Å². The van der Waals surface area contributed by atoms with Gasteiger partial charge in [0.15, 0.2) is 0 Å². The molecule has 1 fully saturated rings. The van der Waals surface area contributed by atoms with Gasteiger partial charge in [-0.25, -0.2) is 0 Å². The second-order valence-electron chi connectivity index (χ2n) is 3.77. The van der Waals surface area contributed by atoms with Crippen molar-refractivity contribution in [3.63, 3.8) is 0 Å². The molecular formula is C9H16F3NO. The highest BCUT2D eigenvalue weighted by Crippen LogP contribution is 2.22. The largest absolute Gasteiger partial charge is 0.401 e. The van der Waals surface area contributed by atoms with Crippen LogP contribution >= 0.6 is 0 Å². The Bertz CT molecular complexity index is 172. The number of alkyl halides is 3. The third-order valence-corrected chi connectivity index (χ3v) is 2.59. The molecule has 5 heteroatoms. The summed E-state index contributed by atoms with van der Waals surface area (Å²) in [6.07, 6.45) is -0.804. The summed E-state index contributed by atoms with van der Waals surface area (Å²) in [7, 11) is 0. The van der Waals surface area contributed by atoms with E-state index in [0.29, 0.717) is 13.0 Å². The number of halogens is 3. The average Bonchev–Trinajstić information content (AvgIpc) is 2.27. The molecule has 0 spiro atoms. The van der Waals surface area contributed by atoms with Crippen LogP contribution in [0, 0.1) is 0 Å². The van der Waals surface area contributed by atoms with E-state index in [-0.39, 0.29) is 12.6 Å². The Hall–Kier alpha value is -0.290. The first-order chi connectivity index (χ1) is 6.53. The molecule has 0 saturated carbocycles. The predicted molar refractivity (Wildman–Crippen MR) is 47.0 cm³/mol. The van der Waals surface area contributed by atoms with E-state index in [9.17, 15) is 13.2 Å². The van der Waals surface area contributed by atoms with Gasteiger partial charge in [-0.2, -0.15) is 13.2 Å². The summed E-state index contributed by atoms with van der Waals surface area (Å²) in [4.78, 5) is 1.35. The summed E-state index contributed by atoms with van der Waals surface area (Å²) in [6.45, 7) is -0.612. The molecule has 0 aliphatic carbocycles. The Morgan fingerprint density at radius 2 is 1.93 bits per heavy atom. The maximum absolute atomic E-state index is 12.2. The molecule has 0 aromatic heterocycles. The molecule has 1 N–H and O–H groups in total. The lowest BCUT2D eigenvalue weighted by molar-refractivity contribution is -0.152. The number of aliphatic hydroxyl groups is 1. The summed E-state index contributed by atoms with van der Waals surface area (Å²) in [5, 5.41) is 8.97. The van der Waals surface area contributed by atoms with Gasteiger partial charge < -0.3 is 5.11 Å². The van der Waals surface area contributed by atoms with Crippen LogP contribution in [0.5, 0.6) is 0 Å². The number of rotatable bonds is 2. The molecule has 2 nitrogen and oxygen atoms in total. The average molecular weight is 211 g/mol. The molecule has 0 aromatic rings. The van der Waals surface area contributed by atoms with Gasteiger partial charge in [-0.3, -0.25) is 4.90 Å². The third kappa shape index (κ3) is 3.84. The van der Waals surface area contributed by atoms with Crippen LogP contribution in [0.3, 0.4) is 0 Å². The van der Waals surface area contributed by atoms with Crippen molar-refractivity contribution in [3.8, 4) is 0 Å². The molecule has 0 amide bonds. The quantitative estimate of drug-likeness (QED) is 0.752. The van der Waals surface area contributed by atoms with Crippen molar-refractivity contribution in [2.45, 2.75) is 37.9 Å². The van der Waals surface area contributed by atoms with E-state index in [1.165, 1.54) is 4.90 Å². The van der Waals surface area contributed by atoms with Crippen molar-refractivity contribution in [1.29, 1.82) is 0 Å². The van der Waals surface area contributed by atoms with Gasteiger partial charge in [0, 0.05) is 6.04 Å². The normalized spacial score (nSPS) is 26.1. The topological polar surface area (TPSA) is 23.5 Å². The summed E-state index contributed by atoms with van der Waals surface area (Å²) in [5.41, 5.74) is 0. The highest BCUT2D eigenvalue weighted by Gasteiger charge is 2.33. The zero-order valence-corrected chi connectivity index (χ0v) is 8.06. The van der Waals surface area contributed by atoms with Crippen LogP contribution in [0.15, 0.2) is 0 Å². The van der Waals surface area contributed by atoms with E-state index in [1.54, 1.807) is 0 Å². The first-order valence-corrected chi connectivity index (χ1v) is 4.94. The lowest BCUT2D eigenvalue weighted by atomic mass is 10.1. The molecule has 84 valence electrons. The lowest BCUT2D eigenvalue weighted by Crippen LogP contribution is -2.43. The Balaban J connectivity index is 2.52. The molecule has 14 heavy (non-hydrogen) atoms. The van der Waals surface area contributed by atoms with Gasteiger partial charge >= 0.3 is 6.18 Å². The summed E-state index contributed by atoms with van der Waals surface area (Å²) >= 11 is 0. The molecule has 1 aliphatic heterocycles. The van der Waals surface area contributed by atoms with Crippen LogP contribution < -0.4 is 0 Å². The molecule has 1 saturated heterocycles. The van der Waals surface area contributed by atoms with Crippen molar-refractivity contribution in [2.24, 2.45) is 0 Å². The minimum absolute atomic E-state index is 0.171. The van der Waals surface area contributed by atoms with Crippen molar-refractivity contribution in [3.05, 3.63) is 0 Å². The van der Waals surface area contributed by atoms with E-state index < -0.39 is 12.7 Å². The van der Waals surface area contributed by atoms with Crippen molar-refractivity contribution in [1.82, 2.24) is 4.90 Å². The SMILES string of the molecule is OCC1CCCCCN1CC(F)(F)F. The monoisotopic (exact) mass is 211 g/mol. The Labute approximate surface area is 81.7 Å². The molecule has 1 heterocycles. The van der Waals surface area contributed by atoms with Gasteiger partial charge in [-0.05, 0) is 19.4 Å². The maximum Gasteiger partial charge on any atom is 0.401 e. The Morgan fingerprint density at radius 1 is 1.21 bits per heavy atom. The molecule has 1 rings (SSSR count). The van der Waals surface area contributed by atoms with E-state index in [0.717, 1.165) is 19.3 Å². The fourth-order valence-corrected chi connectivity index (χ4v) is 1.88. The van der Waals surface area contributed by atoms with Gasteiger partial charge in [0.05, 0.1) is 13.2 Å². The van der Waals surface area contributed by atoms with Crippen molar-refractivity contribution >= 4 is 0 Å². The molecule has 1 unspecified atom stereocenters. The molecular weight excluding hydrogens is 195 g/mol. The standard InChI is InChI=1S/C9H16F3NO/c10-9(11,12)7-13-5-3-1-2-4-8(13)6-14/h8,14H,1-7H2. The molecule has 0 aromatic carbocycles. The van der Waals surface area contributed by atoms with Crippen LogP contribution in [0.4, 0.5) is 13.2 Å². The summed E-state index contributed by atoms with van der Waals surface area (Å²) < 4.78 is 36.5. The Morgan fingerprint density at radius 3 is 2.50 bits per heavy atom. The smallest absolute Gasteiger partial charge is 0.395 e. The second-order valence-corrected chi connectivity index (χ2v) is 3.77. The van der Waals surface area contributed by atoms with Gasteiger partial charge in [-0.15, -0.1) is 0 Å². The lowest BCUT2D eigenvalue weighted by Gasteiger charge is -2.28. The van der Waals surface area contributed by atoms with E-state index in [2.05, 4.69) is 0 Å². The maximum atomic E-state index is 12.2. The first kappa shape index (κ1) is 11.8. The molecule has 0 radical (unpaired) electrons. The molecule has 1 atom stereocenters. The van der Waals surface area contributed by atoms with Crippen LogP contribution in [0.1, 0.15) is 25.7 Å². The number of likely N-dealkylation sites (tertiary alicyclic amines) is 1. The highest BCUT2D eigenvalue weighted by atomic mass is 19.4. The number of hydrogen-bond donors (Lipinski definition) is 1. The fraction of sp³-hybridized carbons (Fsp3) is 1.00. The minimum atomic E-state index is -4.16. The summed E-state index contributed by atoms with van der Waals surface area (Å²) in [5.74, 6) is 0.